The molecule has 0 saturated heterocycles. The van der Waals surface area contributed by atoms with Gasteiger partial charge in [0.15, 0.2) is 0 Å². The maximum atomic E-state index is 9.57. The molecule has 0 amide bonds. The SMILES string of the molecule is CCCCOC1CCC(O)[C@@H](O)[C@H]1O. The molecule has 84 valence electrons. The lowest BCUT2D eigenvalue weighted by Gasteiger charge is -2.34. The van der Waals surface area contributed by atoms with Crippen molar-refractivity contribution in [3.05, 3.63) is 0 Å². The Morgan fingerprint density at radius 2 is 1.86 bits per heavy atom. The standard InChI is InChI=1S/C10H20O4/c1-2-3-6-14-8-5-4-7(11)9(12)10(8)13/h7-13H,2-6H2,1H3/t7?,8?,9-,10+/m1/s1. The van der Waals surface area contributed by atoms with Gasteiger partial charge in [0, 0.05) is 6.61 Å². The lowest BCUT2D eigenvalue weighted by atomic mass is 9.89. The highest BCUT2D eigenvalue weighted by Gasteiger charge is 2.36. The van der Waals surface area contributed by atoms with Gasteiger partial charge in [0.1, 0.15) is 12.2 Å². The third-order valence-corrected chi connectivity index (χ3v) is 2.70. The lowest BCUT2D eigenvalue weighted by Crippen LogP contribution is -2.50. The third-order valence-electron chi connectivity index (χ3n) is 2.70. The third kappa shape index (κ3) is 2.92. The summed E-state index contributed by atoms with van der Waals surface area (Å²) in [4.78, 5) is 0. The van der Waals surface area contributed by atoms with Gasteiger partial charge in [-0.2, -0.15) is 0 Å². The normalized spacial score (nSPS) is 38.6. The van der Waals surface area contributed by atoms with Crippen LogP contribution in [0, 0.1) is 0 Å². The first-order chi connectivity index (χ1) is 6.66. The summed E-state index contributed by atoms with van der Waals surface area (Å²) in [6.07, 6.45) is -0.0180. The van der Waals surface area contributed by atoms with Crippen molar-refractivity contribution in [3.63, 3.8) is 0 Å². The minimum Gasteiger partial charge on any atom is -0.390 e. The van der Waals surface area contributed by atoms with Crippen LogP contribution in [-0.4, -0.2) is 46.3 Å². The Balaban J connectivity index is 2.31. The Bertz CT molecular complexity index is 162. The van der Waals surface area contributed by atoms with Gasteiger partial charge >= 0.3 is 0 Å². The van der Waals surface area contributed by atoms with E-state index in [-0.39, 0.29) is 6.10 Å². The van der Waals surface area contributed by atoms with Crippen LogP contribution < -0.4 is 0 Å². The van der Waals surface area contributed by atoms with Crippen LogP contribution >= 0.6 is 0 Å². The molecule has 1 fully saturated rings. The predicted octanol–water partition coefficient (Wildman–Crippen LogP) is 0.0482. The molecule has 4 atom stereocenters. The summed E-state index contributed by atoms with van der Waals surface area (Å²) >= 11 is 0. The molecule has 1 aliphatic carbocycles. The van der Waals surface area contributed by atoms with E-state index in [1.54, 1.807) is 0 Å². The van der Waals surface area contributed by atoms with Gasteiger partial charge in [-0.15, -0.1) is 0 Å². The molecule has 1 rings (SSSR count). The topological polar surface area (TPSA) is 69.9 Å². The molecule has 0 heterocycles. The predicted molar refractivity (Wildman–Crippen MR) is 51.9 cm³/mol. The lowest BCUT2D eigenvalue weighted by molar-refractivity contribution is -0.153. The average Bonchev–Trinajstić information content (AvgIpc) is 2.18. The van der Waals surface area contributed by atoms with Crippen molar-refractivity contribution in [1.29, 1.82) is 0 Å². The first-order valence-corrected chi connectivity index (χ1v) is 5.32. The minimum atomic E-state index is -1.06. The van der Waals surface area contributed by atoms with Crippen LogP contribution in [0.25, 0.3) is 0 Å². The van der Waals surface area contributed by atoms with Crippen molar-refractivity contribution < 1.29 is 20.1 Å². The Hall–Kier alpha value is -0.160. The van der Waals surface area contributed by atoms with Crippen molar-refractivity contribution in [3.8, 4) is 0 Å². The van der Waals surface area contributed by atoms with Gasteiger partial charge in [0.05, 0.1) is 12.2 Å². The van der Waals surface area contributed by atoms with Gasteiger partial charge in [-0.3, -0.25) is 0 Å². The fraction of sp³-hybridized carbons (Fsp3) is 1.00. The van der Waals surface area contributed by atoms with Crippen LogP contribution in [0.15, 0.2) is 0 Å². The maximum absolute atomic E-state index is 9.57. The minimum absolute atomic E-state index is 0.319. The second kappa shape index (κ2) is 5.66. The van der Waals surface area contributed by atoms with E-state index in [1.807, 2.05) is 0 Å². The van der Waals surface area contributed by atoms with Crippen molar-refractivity contribution >= 4 is 0 Å². The number of unbranched alkanes of at least 4 members (excludes halogenated alkanes) is 1. The average molecular weight is 204 g/mol. The van der Waals surface area contributed by atoms with Crippen LogP contribution in [0.5, 0.6) is 0 Å². The van der Waals surface area contributed by atoms with Crippen molar-refractivity contribution in [1.82, 2.24) is 0 Å². The van der Waals surface area contributed by atoms with Crippen LogP contribution in [0.1, 0.15) is 32.6 Å². The van der Waals surface area contributed by atoms with E-state index < -0.39 is 18.3 Å². The number of hydrogen-bond acceptors (Lipinski definition) is 4. The molecule has 0 aliphatic heterocycles. The van der Waals surface area contributed by atoms with E-state index in [2.05, 4.69) is 6.92 Å². The quantitative estimate of drug-likeness (QED) is 0.566. The highest BCUT2D eigenvalue weighted by Crippen LogP contribution is 2.22. The van der Waals surface area contributed by atoms with Gasteiger partial charge in [0.2, 0.25) is 0 Å². The van der Waals surface area contributed by atoms with Crippen molar-refractivity contribution in [2.45, 2.75) is 57.0 Å². The fourth-order valence-corrected chi connectivity index (χ4v) is 1.69. The highest BCUT2D eigenvalue weighted by atomic mass is 16.5. The summed E-state index contributed by atoms with van der Waals surface area (Å²) in [6, 6.07) is 0. The van der Waals surface area contributed by atoms with Crippen LogP contribution in [0.3, 0.4) is 0 Å². The molecular formula is C10H20O4. The maximum Gasteiger partial charge on any atom is 0.108 e. The summed E-state index contributed by atoms with van der Waals surface area (Å²) in [5, 5.41) is 28.2. The number of rotatable bonds is 4. The Morgan fingerprint density at radius 1 is 1.14 bits per heavy atom. The second-order valence-electron chi connectivity index (χ2n) is 3.89. The van der Waals surface area contributed by atoms with Crippen LogP contribution in [-0.2, 0) is 4.74 Å². The van der Waals surface area contributed by atoms with Crippen LogP contribution in [0.2, 0.25) is 0 Å². The molecule has 0 spiro atoms. The molecule has 3 N–H and O–H groups in total. The molecule has 4 heteroatoms. The molecule has 14 heavy (non-hydrogen) atoms. The molecule has 1 saturated carbocycles. The summed E-state index contributed by atoms with van der Waals surface area (Å²) < 4.78 is 5.43. The molecule has 0 aromatic carbocycles. The van der Waals surface area contributed by atoms with E-state index in [0.29, 0.717) is 19.4 Å². The van der Waals surface area contributed by atoms with Gasteiger partial charge in [-0.25, -0.2) is 0 Å². The largest absolute Gasteiger partial charge is 0.390 e. The van der Waals surface area contributed by atoms with Crippen molar-refractivity contribution in [2.75, 3.05) is 6.61 Å². The van der Waals surface area contributed by atoms with E-state index >= 15 is 0 Å². The summed E-state index contributed by atoms with van der Waals surface area (Å²) in [5.41, 5.74) is 0. The molecule has 2 unspecified atom stereocenters. The van der Waals surface area contributed by atoms with E-state index in [0.717, 1.165) is 12.8 Å². The van der Waals surface area contributed by atoms with Gasteiger partial charge in [-0.05, 0) is 19.3 Å². The molecule has 1 aliphatic rings. The molecule has 0 aromatic heterocycles. The summed E-state index contributed by atoms with van der Waals surface area (Å²) in [5.74, 6) is 0. The zero-order valence-electron chi connectivity index (χ0n) is 8.59. The number of hydrogen-bond donors (Lipinski definition) is 3. The Labute approximate surface area is 84.5 Å². The highest BCUT2D eigenvalue weighted by molar-refractivity contribution is 4.87. The first-order valence-electron chi connectivity index (χ1n) is 5.32. The molecular weight excluding hydrogens is 184 g/mol. The Morgan fingerprint density at radius 3 is 2.50 bits per heavy atom. The Kier molecular flexibility index (Phi) is 4.81. The van der Waals surface area contributed by atoms with Crippen LogP contribution in [0.4, 0.5) is 0 Å². The summed E-state index contributed by atoms with van der Waals surface area (Å²) in [6.45, 7) is 2.68. The van der Waals surface area contributed by atoms with E-state index in [1.165, 1.54) is 0 Å². The number of ether oxygens (including phenoxy) is 1. The molecule has 0 radical (unpaired) electrons. The zero-order valence-corrected chi connectivity index (χ0v) is 8.59. The molecule has 0 bridgehead atoms. The van der Waals surface area contributed by atoms with Gasteiger partial charge in [0.25, 0.3) is 0 Å². The van der Waals surface area contributed by atoms with E-state index in [4.69, 9.17) is 4.74 Å². The van der Waals surface area contributed by atoms with E-state index in [9.17, 15) is 15.3 Å². The number of aliphatic hydroxyl groups excluding tert-OH is 3. The zero-order chi connectivity index (χ0) is 10.6. The smallest absolute Gasteiger partial charge is 0.108 e. The van der Waals surface area contributed by atoms with Gasteiger partial charge < -0.3 is 20.1 Å². The van der Waals surface area contributed by atoms with Crippen molar-refractivity contribution in [2.24, 2.45) is 0 Å². The van der Waals surface area contributed by atoms with Gasteiger partial charge in [-0.1, -0.05) is 13.3 Å². The fourth-order valence-electron chi connectivity index (χ4n) is 1.69. The summed E-state index contributed by atoms with van der Waals surface area (Å²) in [7, 11) is 0. The molecule has 0 aromatic rings. The molecule has 4 nitrogen and oxygen atoms in total. The monoisotopic (exact) mass is 204 g/mol. The second-order valence-corrected chi connectivity index (χ2v) is 3.89. The number of aliphatic hydroxyl groups is 3. The first kappa shape index (κ1) is 11.9.